The lowest BCUT2D eigenvalue weighted by atomic mass is 9.93. The van der Waals surface area contributed by atoms with Gasteiger partial charge < -0.3 is 10.4 Å². The van der Waals surface area contributed by atoms with Gasteiger partial charge in [0, 0.05) is 18.7 Å². The fourth-order valence-corrected chi connectivity index (χ4v) is 2.96. The first-order valence-electron chi connectivity index (χ1n) is 7.96. The summed E-state index contributed by atoms with van der Waals surface area (Å²) in [7, 11) is 1.80. The highest BCUT2D eigenvalue weighted by molar-refractivity contribution is 5.93. The number of carbonyl (C=O) groups is 1. The molecule has 23 heavy (non-hydrogen) atoms. The van der Waals surface area contributed by atoms with Crippen LogP contribution in [0, 0.1) is 0 Å². The number of nitrogens with zero attached hydrogens (tertiary/aromatic N) is 2. The van der Waals surface area contributed by atoms with Gasteiger partial charge in [-0.05, 0) is 31.2 Å². The van der Waals surface area contributed by atoms with Crippen LogP contribution in [0.1, 0.15) is 25.7 Å². The molecule has 1 aliphatic carbocycles. The number of hydrogen-bond acceptors (Lipinski definition) is 3. The van der Waals surface area contributed by atoms with Gasteiger partial charge in [0.1, 0.15) is 5.82 Å². The van der Waals surface area contributed by atoms with E-state index in [-0.39, 0.29) is 18.2 Å². The van der Waals surface area contributed by atoms with E-state index >= 15 is 0 Å². The molecule has 3 rings (SSSR count). The van der Waals surface area contributed by atoms with Gasteiger partial charge in [0.2, 0.25) is 0 Å². The fourth-order valence-electron chi connectivity index (χ4n) is 2.96. The number of aryl methyl sites for hydroxylation is 1. The van der Waals surface area contributed by atoms with Gasteiger partial charge in [0.05, 0.1) is 12.3 Å². The summed E-state index contributed by atoms with van der Waals surface area (Å²) in [6, 6.07) is 9.74. The molecule has 2 aromatic rings. The summed E-state index contributed by atoms with van der Waals surface area (Å²) < 4.78 is 1.66. The number of anilines is 1. The SMILES string of the molecule is Cn1ncc(-c2ccccc2)c1NC(=O)NC1CCC(O)CC1. The second kappa shape index (κ2) is 6.83. The van der Waals surface area contributed by atoms with Gasteiger partial charge in [-0.1, -0.05) is 30.3 Å². The van der Waals surface area contributed by atoms with Crippen LogP contribution < -0.4 is 10.6 Å². The fraction of sp³-hybridized carbons (Fsp3) is 0.412. The maximum Gasteiger partial charge on any atom is 0.320 e. The number of nitrogens with one attached hydrogen (secondary N) is 2. The minimum atomic E-state index is -0.229. The first-order valence-corrected chi connectivity index (χ1v) is 7.96. The third kappa shape index (κ3) is 3.71. The lowest BCUT2D eigenvalue weighted by molar-refractivity contribution is 0.118. The van der Waals surface area contributed by atoms with Crippen molar-refractivity contribution in [3.8, 4) is 11.1 Å². The Morgan fingerprint density at radius 1 is 1.22 bits per heavy atom. The predicted molar refractivity (Wildman–Crippen MR) is 89.1 cm³/mol. The number of aromatic nitrogens is 2. The van der Waals surface area contributed by atoms with E-state index in [1.165, 1.54) is 0 Å². The largest absolute Gasteiger partial charge is 0.393 e. The van der Waals surface area contributed by atoms with E-state index in [1.54, 1.807) is 17.9 Å². The Morgan fingerprint density at radius 2 is 1.91 bits per heavy atom. The van der Waals surface area contributed by atoms with Crippen molar-refractivity contribution in [1.82, 2.24) is 15.1 Å². The van der Waals surface area contributed by atoms with Crippen LogP contribution in [0.5, 0.6) is 0 Å². The van der Waals surface area contributed by atoms with Crippen LogP contribution in [-0.4, -0.2) is 33.1 Å². The van der Waals surface area contributed by atoms with E-state index in [2.05, 4.69) is 15.7 Å². The minimum Gasteiger partial charge on any atom is -0.393 e. The van der Waals surface area contributed by atoms with Crippen LogP contribution in [0.25, 0.3) is 11.1 Å². The molecule has 0 bridgehead atoms. The molecule has 1 aromatic carbocycles. The maximum atomic E-state index is 12.3. The van der Waals surface area contributed by atoms with Crippen LogP contribution in [0.3, 0.4) is 0 Å². The summed E-state index contributed by atoms with van der Waals surface area (Å²) in [6.45, 7) is 0. The lowest BCUT2D eigenvalue weighted by Gasteiger charge is -2.26. The number of aliphatic hydroxyl groups excluding tert-OH is 1. The number of aliphatic hydroxyl groups is 1. The first kappa shape index (κ1) is 15.6. The maximum absolute atomic E-state index is 12.3. The van der Waals surface area contributed by atoms with Gasteiger partial charge in [-0.15, -0.1) is 0 Å². The second-order valence-corrected chi connectivity index (χ2v) is 6.00. The molecule has 0 saturated heterocycles. The van der Waals surface area contributed by atoms with Gasteiger partial charge in [-0.3, -0.25) is 10.00 Å². The van der Waals surface area contributed by atoms with Gasteiger partial charge in [-0.2, -0.15) is 5.10 Å². The summed E-state index contributed by atoms with van der Waals surface area (Å²) >= 11 is 0. The molecular weight excluding hydrogens is 292 g/mol. The molecule has 0 spiro atoms. The molecule has 0 atom stereocenters. The van der Waals surface area contributed by atoms with Crippen LogP contribution >= 0.6 is 0 Å². The zero-order valence-electron chi connectivity index (χ0n) is 13.2. The topological polar surface area (TPSA) is 79.2 Å². The average molecular weight is 314 g/mol. The Balaban J connectivity index is 1.68. The number of hydrogen-bond donors (Lipinski definition) is 3. The van der Waals surface area contributed by atoms with Crippen molar-refractivity contribution in [2.75, 3.05) is 5.32 Å². The molecule has 122 valence electrons. The third-order valence-corrected chi connectivity index (χ3v) is 4.29. The summed E-state index contributed by atoms with van der Waals surface area (Å²) in [5, 5.41) is 19.7. The van der Waals surface area contributed by atoms with Crippen molar-refractivity contribution in [3.63, 3.8) is 0 Å². The van der Waals surface area contributed by atoms with Crippen LogP contribution in [-0.2, 0) is 7.05 Å². The number of benzene rings is 1. The first-order chi connectivity index (χ1) is 11.1. The molecule has 1 heterocycles. The van der Waals surface area contributed by atoms with Gasteiger partial charge in [-0.25, -0.2) is 4.79 Å². The summed E-state index contributed by atoms with van der Waals surface area (Å²) in [6.07, 6.45) is 4.63. The molecule has 2 amide bonds. The van der Waals surface area contributed by atoms with Crippen molar-refractivity contribution < 1.29 is 9.90 Å². The number of urea groups is 1. The number of rotatable bonds is 3. The predicted octanol–water partition coefficient (Wildman–Crippen LogP) is 2.51. The normalized spacial score (nSPS) is 21.0. The molecular formula is C17H22N4O2. The Kier molecular flexibility index (Phi) is 4.62. The van der Waals surface area contributed by atoms with Gasteiger partial charge in [0.15, 0.2) is 0 Å². The second-order valence-electron chi connectivity index (χ2n) is 6.00. The number of amides is 2. The Morgan fingerprint density at radius 3 is 2.61 bits per heavy atom. The summed E-state index contributed by atoms with van der Waals surface area (Å²) in [5.74, 6) is 0.671. The molecule has 0 unspecified atom stereocenters. The molecule has 3 N–H and O–H groups in total. The van der Waals surface area contributed by atoms with Crippen molar-refractivity contribution in [2.24, 2.45) is 7.05 Å². The zero-order valence-corrected chi connectivity index (χ0v) is 13.2. The Bertz CT molecular complexity index is 660. The zero-order chi connectivity index (χ0) is 16.2. The summed E-state index contributed by atoms with van der Waals surface area (Å²) in [4.78, 5) is 12.3. The lowest BCUT2D eigenvalue weighted by Crippen LogP contribution is -2.41. The third-order valence-electron chi connectivity index (χ3n) is 4.29. The van der Waals surface area contributed by atoms with Crippen LogP contribution in [0.4, 0.5) is 10.6 Å². The molecule has 1 aliphatic rings. The molecule has 1 fully saturated rings. The van der Waals surface area contributed by atoms with Crippen molar-refractivity contribution in [1.29, 1.82) is 0 Å². The molecule has 6 heteroatoms. The molecule has 0 aliphatic heterocycles. The van der Waals surface area contributed by atoms with E-state index in [9.17, 15) is 9.90 Å². The standard InChI is InChI=1S/C17H22N4O2/c1-21-16(15(11-18-21)12-5-3-2-4-6-12)20-17(23)19-13-7-9-14(22)10-8-13/h2-6,11,13-14,22H,7-10H2,1H3,(H2,19,20,23). The average Bonchev–Trinajstić information content (AvgIpc) is 2.91. The quantitative estimate of drug-likeness (QED) is 0.814. The Labute approximate surface area is 135 Å². The minimum absolute atomic E-state index is 0.117. The number of carbonyl (C=O) groups excluding carboxylic acids is 1. The van der Waals surface area contributed by atoms with E-state index < -0.39 is 0 Å². The van der Waals surface area contributed by atoms with E-state index in [1.807, 2.05) is 30.3 Å². The van der Waals surface area contributed by atoms with Gasteiger partial charge in [0.25, 0.3) is 0 Å². The molecule has 1 saturated carbocycles. The molecule has 1 aromatic heterocycles. The highest BCUT2D eigenvalue weighted by Crippen LogP contribution is 2.27. The highest BCUT2D eigenvalue weighted by atomic mass is 16.3. The molecule has 6 nitrogen and oxygen atoms in total. The summed E-state index contributed by atoms with van der Waals surface area (Å²) in [5.41, 5.74) is 1.90. The van der Waals surface area contributed by atoms with Crippen molar-refractivity contribution in [3.05, 3.63) is 36.5 Å². The van der Waals surface area contributed by atoms with E-state index in [0.717, 1.165) is 36.8 Å². The monoisotopic (exact) mass is 314 g/mol. The van der Waals surface area contributed by atoms with E-state index in [0.29, 0.717) is 5.82 Å². The van der Waals surface area contributed by atoms with Gasteiger partial charge >= 0.3 is 6.03 Å². The highest BCUT2D eigenvalue weighted by Gasteiger charge is 2.21. The van der Waals surface area contributed by atoms with Crippen LogP contribution in [0.15, 0.2) is 36.5 Å². The van der Waals surface area contributed by atoms with E-state index in [4.69, 9.17) is 0 Å². The van der Waals surface area contributed by atoms with Crippen LogP contribution in [0.2, 0.25) is 0 Å². The smallest absolute Gasteiger partial charge is 0.320 e. The Hall–Kier alpha value is -2.34. The molecule has 0 radical (unpaired) electrons. The van der Waals surface area contributed by atoms with Crippen molar-refractivity contribution in [2.45, 2.75) is 37.8 Å². The van der Waals surface area contributed by atoms with Crippen molar-refractivity contribution >= 4 is 11.8 Å².